The van der Waals surface area contributed by atoms with E-state index in [-0.39, 0.29) is 5.91 Å². The SMILES string of the molecule is Cc1ccccc1-n1ncc(C(=O)NCc2ccc(Cn3cccn3)cc2)c1C1CC1. The zero-order valence-corrected chi connectivity index (χ0v) is 17.5. The van der Waals surface area contributed by atoms with E-state index in [4.69, 9.17) is 0 Å². The molecule has 0 bridgehead atoms. The highest BCUT2D eigenvalue weighted by Gasteiger charge is 2.33. The lowest BCUT2D eigenvalue weighted by atomic mass is 10.1. The van der Waals surface area contributed by atoms with Crippen LogP contribution < -0.4 is 5.32 Å². The van der Waals surface area contributed by atoms with Crippen molar-refractivity contribution in [3.05, 3.63) is 101 Å². The highest BCUT2D eigenvalue weighted by Crippen LogP contribution is 2.42. The maximum atomic E-state index is 13.0. The van der Waals surface area contributed by atoms with E-state index in [2.05, 4.69) is 58.8 Å². The summed E-state index contributed by atoms with van der Waals surface area (Å²) in [5.41, 5.74) is 6.14. The molecule has 6 heteroatoms. The van der Waals surface area contributed by atoms with Gasteiger partial charge in [0.2, 0.25) is 0 Å². The van der Waals surface area contributed by atoms with E-state index in [9.17, 15) is 4.79 Å². The molecule has 0 spiro atoms. The lowest BCUT2D eigenvalue weighted by Crippen LogP contribution is -2.23. The molecule has 0 saturated heterocycles. The Morgan fingerprint density at radius 2 is 1.81 bits per heavy atom. The highest BCUT2D eigenvalue weighted by molar-refractivity contribution is 5.95. The molecule has 0 atom stereocenters. The molecule has 0 unspecified atom stereocenters. The number of carbonyl (C=O) groups is 1. The quantitative estimate of drug-likeness (QED) is 0.495. The summed E-state index contributed by atoms with van der Waals surface area (Å²) < 4.78 is 3.84. The highest BCUT2D eigenvalue weighted by atomic mass is 16.1. The molecular weight excluding hydrogens is 386 g/mol. The Kier molecular flexibility index (Phi) is 5.12. The van der Waals surface area contributed by atoms with Gasteiger partial charge in [-0.25, -0.2) is 4.68 Å². The van der Waals surface area contributed by atoms with Gasteiger partial charge in [-0.15, -0.1) is 0 Å². The summed E-state index contributed by atoms with van der Waals surface area (Å²) in [6.45, 7) is 3.30. The second-order valence-electron chi connectivity index (χ2n) is 8.12. The molecule has 0 aliphatic heterocycles. The van der Waals surface area contributed by atoms with Gasteiger partial charge in [0.05, 0.1) is 29.7 Å². The molecule has 1 N–H and O–H groups in total. The first-order valence-electron chi connectivity index (χ1n) is 10.7. The smallest absolute Gasteiger partial charge is 0.255 e. The van der Waals surface area contributed by atoms with E-state index < -0.39 is 0 Å². The van der Waals surface area contributed by atoms with Crippen LogP contribution in [0, 0.1) is 6.92 Å². The standard InChI is InChI=1S/C25H25N5O/c1-18-5-2-3-6-23(18)30-24(21-11-12-21)22(16-28-30)25(31)26-15-19-7-9-20(10-8-19)17-29-14-4-13-27-29/h2-10,13-14,16,21H,11-12,15,17H2,1H3,(H,26,31). The van der Waals surface area contributed by atoms with Crippen LogP contribution in [0.15, 0.2) is 73.2 Å². The molecule has 1 fully saturated rings. The topological polar surface area (TPSA) is 64.7 Å². The molecular formula is C25H25N5O. The van der Waals surface area contributed by atoms with Crippen LogP contribution in [0.25, 0.3) is 5.69 Å². The van der Waals surface area contributed by atoms with Crippen LogP contribution in [0.1, 0.15) is 51.5 Å². The Morgan fingerprint density at radius 1 is 1.03 bits per heavy atom. The molecule has 5 rings (SSSR count). The number of benzene rings is 2. The zero-order valence-electron chi connectivity index (χ0n) is 17.5. The molecule has 2 aromatic carbocycles. The summed E-state index contributed by atoms with van der Waals surface area (Å²) in [5.74, 6) is 0.340. The first-order chi connectivity index (χ1) is 15.2. The number of aromatic nitrogens is 4. The summed E-state index contributed by atoms with van der Waals surface area (Å²) in [4.78, 5) is 13.0. The predicted octanol–water partition coefficient (Wildman–Crippen LogP) is 4.23. The maximum absolute atomic E-state index is 13.0. The molecule has 1 saturated carbocycles. The number of carbonyl (C=O) groups excluding carboxylic acids is 1. The third-order valence-corrected chi connectivity index (χ3v) is 5.74. The molecule has 1 amide bonds. The molecule has 156 valence electrons. The van der Waals surface area contributed by atoms with Crippen LogP contribution in [0.4, 0.5) is 0 Å². The number of amides is 1. The minimum absolute atomic E-state index is 0.0673. The molecule has 6 nitrogen and oxygen atoms in total. The van der Waals surface area contributed by atoms with Crippen molar-refractivity contribution in [2.45, 2.75) is 38.8 Å². The third-order valence-electron chi connectivity index (χ3n) is 5.74. The third kappa shape index (κ3) is 4.14. The zero-order chi connectivity index (χ0) is 21.2. The number of rotatable bonds is 7. The van der Waals surface area contributed by atoms with Gasteiger partial charge < -0.3 is 5.32 Å². The summed E-state index contributed by atoms with van der Waals surface area (Å²) in [5, 5.41) is 11.9. The van der Waals surface area contributed by atoms with Gasteiger partial charge >= 0.3 is 0 Å². The minimum atomic E-state index is -0.0673. The number of hydrogen-bond donors (Lipinski definition) is 1. The monoisotopic (exact) mass is 411 g/mol. The Hall–Kier alpha value is -3.67. The molecule has 0 radical (unpaired) electrons. The Balaban J connectivity index is 1.29. The molecule has 31 heavy (non-hydrogen) atoms. The van der Waals surface area contributed by atoms with Crippen molar-refractivity contribution in [3.63, 3.8) is 0 Å². The first kappa shape index (κ1) is 19.3. The van der Waals surface area contributed by atoms with Crippen molar-refractivity contribution in [2.75, 3.05) is 0 Å². The largest absolute Gasteiger partial charge is 0.348 e. The van der Waals surface area contributed by atoms with Gasteiger partial charge in [-0.1, -0.05) is 42.5 Å². The maximum Gasteiger partial charge on any atom is 0.255 e. The van der Waals surface area contributed by atoms with Gasteiger partial charge in [0.1, 0.15) is 0 Å². The summed E-state index contributed by atoms with van der Waals surface area (Å²) >= 11 is 0. The van der Waals surface area contributed by atoms with Crippen molar-refractivity contribution < 1.29 is 4.79 Å². The lowest BCUT2D eigenvalue weighted by molar-refractivity contribution is 0.0950. The number of aryl methyl sites for hydroxylation is 1. The van der Waals surface area contributed by atoms with Gasteiger partial charge in [-0.2, -0.15) is 10.2 Å². The number of hydrogen-bond acceptors (Lipinski definition) is 3. The van der Waals surface area contributed by atoms with E-state index in [1.165, 1.54) is 5.56 Å². The van der Waals surface area contributed by atoms with Gasteiger partial charge in [0.25, 0.3) is 5.91 Å². The molecule has 2 aromatic heterocycles. The average Bonchev–Trinajstić information content (AvgIpc) is 3.31. The summed E-state index contributed by atoms with van der Waals surface area (Å²) in [6, 6.07) is 18.3. The van der Waals surface area contributed by atoms with Gasteiger partial charge in [-0.05, 0) is 48.6 Å². The molecule has 1 aliphatic carbocycles. The fraction of sp³-hybridized carbons (Fsp3) is 0.240. The van der Waals surface area contributed by atoms with Crippen molar-refractivity contribution in [1.82, 2.24) is 24.9 Å². The van der Waals surface area contributed by atoms with Crippen LogP contribution in [0.3, 0.4) is 0 Å². The Morgan fingerprint density at radius 3 is 2.52 bits per heavy atom. The fourth-order valence-electron chi connectivity index (χ4n) is 3.90. The van der Waals surface area contributed by atoms with Gasteiger partial charge in [0, 0.05) is 24.9 Å². The molecule has 1 aliphatic rings. The Labute approximate surface area is 181 Å². The first-order valence-corrected chi connectivity index (χ1v) is 10.7. The van der Waals surface area contributed by atoms with E-state index >= 15 is 0 Å². The van der Waals surface area contributed by atoms with E-state index in [0.29, 0.717) is 18.0 Å². The normalized spacial score (nSPS) is 13.3. The van der Waals surface area contributed by atoms with Gasteiger partial charge in [0.15, 0.2) is 0 Å². The van der Waals surface area contributed by atoms with Crippen LogP contribution in [-0.4, -0.2) is 25.5 Å². The fourth-order valence-corrected chi connectivity index (χ4v) is 3.90. The minimum Gasteiger partial charge on any atom is -0.348 e. The van der Waals surface area contributed by atoms with Crippen LogP contribution in [0.5, 0.6) is 0 Å². The summed E-state index contributed by atoms with van der Waals surface area (Å²) in [7, 11) is 0. The molecule has 4 aromatic rings. The number of nitrogens with zero attached hydrogens (tertiary/aromatic N) is 4. The Bertz CT molecular complexity index is 1190. The lowest BCUT2D eigenvalue weighted by Gasteiger charge is -2.11. The van der Waals surface area contributed by atoms with Crippen molar-refractivity contribution in [1.29, 1.82) is 0 Å². The van der Waals surface area contributed by atoms with Crippen LogP contribution >= 0.6 is 0 Å². The van der Waals surface area contributed by atoms with Crippen molar-refractivity contribution in [2.24, 2.45) is 0 Å². The van der Waals surface area contributed by atoms with Crippen molar-refractivity contribution in [3.8, 4) is 5.69 Å². The average molecular weight is 412 g/mol. The predicted molar refractivity (Wildman–Crippen MR) is 119 cm³/mol. The van der Waals surface area contributed by atoms with E-state index in [0.717, 1.165) is 41.9 Å². The van der Waals surface area contributed by atoms with E-state index in [1.54, 1.807) is 12.4 Å². The van der Waals surface area contributed by atoms with Gasteiger partial charge in [-0.3, -0.25) is 9.48 Å². The number of nitrogens with one attached hydrogen (secondary N) is 1. The van der Waals surface area contributed by atoms with E-state index in [1.807, 2.05) is 33.8 Å². The molecule has 2 heterocycles. The second kappa shape index (κ2) is 8.22. The second-order valence-corrected chi connectivity index (χ2v) is 8.12. The van der Waals surface area contributed by atoms with Crippen LogP contribution in [0.2, 0.25) is 0 Å². The number of para-hydroxylation sites is 1. The summed E-state index contributed by atoms with van der Waals surface area (Å²) in [6.07, 6.45) is 7.65. The van der Waals surface area contributed by atoms with Crippen molar-refractivity contribution >= 4 is 5.91 Å². The van der Waals surface area contributed by atoms with Crippen LogP contribution in [-0.2, 0) is 13.1 Å².